The Morgan fingerprint density at radius 1 is 1.67 bits per heavy atom. The Hall–Kier alpha value is -1.14. The van der Waals surface area contributed by atoms with Gasteiger partial charge in [-0.05, 0) is 19.3 Å². The molecule has 18 heavy (non-hydrogen) atoms. The molecular formula is C12H18N2O3S. The number of methoxy groups -OCH3 is 1. The first-order chi connectivity index (χ1) is 8.63. The van der Waals surface area contributed by atoms with Crippen molar-refractivity contribution in [2.45, 2.75) is 25.2 Å². The van der Waals surface area contributed by atoms with Crippen molar-refractivity contribution in [2.75, 3.05) is 32.2 Å². The summed E-state index contributed by atoms with van der Waals surface area (Å²) in [6.07, 6.45) is 2.59. The van der Waals surface area contributed by atoms with E-state index in [4.69, 9.17) is 4.74 Å². The normalized spacial score (nSPS) is 18.4. The predicted octanol–water partition coefficient (Wildman–Crippen LogP) is 1.73. The predicted molar refractivity (Wildman–Crippen MR) is 70.6 cm³/mol. The number of rotatable bonds is 5. The van der Waals surface area contributed by atoms with Gasteiger partial charge in [-0.15, -0.1) is 11.3 Å². The molecule has 0 aliphatic heterocycles. The molecule has 1 aromatic rings. The van der Waals surface area contributed by atoms with Gasteiger partial charge in [-0.3, -0.25) is 4.79 Å². The molecule has 0 amide bonds. The third kappa shape index (κ3) is 2.64. The molecule has 1 aliphatic rings. The first-order valence-corrected chi connectivity index (χ1v) is 6.87. The van der Waals surface area contributed by atoms with Crippen LogP contribution in [0, 0.1) is 0 Å². The first-order valence-electron chi connectivity index (χ1n) is 6.06. The minimum absolute atomic E-state index is 0.422. The molecule has 0 saturated heterocycles. The highest BCUT2D eigenvalue weighted by Crippen LogP contribution is 2.37. The zero-order valence-electron chi connectivity index (χ0n) is 10.7. The van der Waals surface area contributed by atoms with Crippen LogP contribution in [0.4, 0.5) is 5.13 Å². The lowest BCUT2D eigenvalue weighted by molar-refractivity contribution is -0.139. The van der Waals surface area contributed by atoms with E-state index in [-0.39, 0.29) is 0 Å². The Bertz CT molecular complexity index is 433. The standard InChI is InChI=1S/C12H18N2O3S/c1-14(6-7-17-2)12-13-10-8(11(15)16)4-3-5-9(10)18-12/h8H,3-7H2,1-2H3,(H,15,16). The summed E-state index contributed by atoms with van der Waals surface area (Å²) in [7, 11) is 3.63. The molecule has 0 spiro atoms. The lowest BCUT2D eigenvalue weighted by Gasteiger charge is -2.16. The third-order valence-electron chi connectivity index (χ3n) is 3.20. The molecule has 0 bridgehead atoms. The number of carboxylic acids is 1. The lowest BCUT2D eigenvalue weighted by atomic mass is 9.91. The van der Waals surface area contributed by atoms with Crippen molar-refractivity contribution in [3.8, 4) is 0 Å². The van der Waals surface area contributed by atoms with Gasteiger partial charge in [0.15, 0.2) is 5.13 Å². The van der Waals surface area contributed by atoms with Crippen molar-refractivity contribution in [3.05, 3.63) is 10.6 Å². The first kappa shape index (κ1) is 13.3. The summed E-state index contributed by atoms with van der Waals surface area (Å²) in [6.45, 7) is 1.41. The number of ether oxygens (including phenoxy) is 1. The van der Waals surface area contributed by atoms with E-state index in [2.05, 4.69) is 4.98 Å². The fourth-order valence-electron chi connectivity index (χ4n) is 2.13. The molecule has 1 aliphatic carbocycles. The topological polar surface area (TPSA) is 62.7 Å². The van der Waals surface area contributed by atoms with Gasteiger partial charge in [0.1, 0.15) is 5.92 Å². The van der Waals surface area contributed by atoms with Crippen molar-refractivity contribution < 1.29 is 14.6 Å². The number of aliphatic carboxylic acids is 1. The summed E-state index contributed by atoms with van der Waals surface area (Å²) < 4.78 is 5.04. The Balaban J connectivity index is 2.19. The zero-order valence-corrected chi connectivity index (χ0v) is 11.5. The average molecular weight is 270 g/mol. The number of thiazole rings is 1. The van der Waals surface area contributed by atoms with Crippen molar-refractivity contribution in [1.29, 1.82) is 0 Å². The van der Waals surface area contributed by atoms with Crippen molar-refractivity contribution in [2.24, 2.45) is 0 Å². The maximum Gasteiger partial charge on any atom is 0.312 e. The SMILES string of the molecule is COCCN(C)c1nc2c(s1)CCCC2C(=O)O. The van der Waals surface area contributed by atoms with Gasteiger partial charge in [0.2, 0.25) is 0 Å². The molecule has 1 N–H and O–H groups in total. The van der Waals surface area contributed by atoms with Crippen molar-refractivity contribution in [1.82, 2.24) is 4.98 Å². The second kappa shape index (κ2) is 5.67. The van der Waals surface area contributed by atoms with Gasteiger partial charge >= 0.3 is 5.97 Å². The summed E-state index contributed by atoms with van der Waals surface area (Å²) in [5, 5.41) is 10.1. The van der Waals surface area contributed by atoms with Crippen LogP contribution in [-0.2, 0) is 16.0 Å². The van der Waals surface area contributed by atoms with Crippen molar-refractivity contribution in [3.63, 3.8) is 0 Å². The van der Waals surface area contributed by atoms with E-state index >= 15 is 0 Å². The van der Waals surface area contributed by atoms with Crippen LogP contribution in [0.25, 0.3) is 0 Å². The number of nitrogens with zero attached hydrogens (tertiary/aromatic N) is 2. The van der Waals surface area contributed by atoms with Gasteiger partial charge in [-0.25, -0.2) is 4.98 Å². The third-order valence-corrected chi connectivity index (χ3v) is 4.44. The van der Waals surface area contributed by atoms with Crippen LogP contribution < -0.4 is 4.90 Å². The van der Waals surface area contributed by atoms with Gasteiger partial charge < -0.3 is 14.7 Å². The maximum absolute atomic E-state index is 11.2. The molecule has 6 heteroatoms. The van der Waals surface area contributed by atoms with Gasteiger partial charge in [0, 0.05) is 25.6 Å². The van der Waals surface area contributed by atoms with Crippen LogP contribution in [0.2, 0.25) is 0 Å². The molecule has 1 aromatic heterocycles. The summed E-state index contributed by atoms with van der Waals surface area (Å²) >= 11 is 1.61. The highest BCUT2D eigenvalue weighted by molar-refractivity contribution is 7.15. The number of carboxylic acid groups (broad SMARTS) is 1. The minimum atomic E-state index is -0.757. The van der Waals surface area contributed by atoms with Crippen LogP contribution in [-0.4, -0.2) is 43.4 Å². The number of carbonyl (C=O) groups is 1. The Morgan fingerprint density at radius 3 is 3.11 bits per heavy atom. The fourth-order valence-corrected chi connectivity index (χ4v) is 3.28. The number of hydrogen-bond donors (Lipinski definition) is 1. The van der Waals surface area contributed by atoms with E-state index in [0.717, 1.165) is 35.1 Å². The van der Waals surface area contributed by atoms with Gasteiger partial charge in [-0.1, -0.05) is 0 Å². The summed E-state index contributed by atoms with van der Waals surface area (Å²) in [4.78, 5) is 18.9. The summed E-state index contributed by atoms with van der Waals surface area (Å²) in [6, 6.07) is 0. The quantitative estimate of drug-likeness (QED) is 0.883. The molecule has 1 atom stereocenters. The zero-order chi connectivity index (χ0) is 13.1. The molecule has 0 radical (unpaired) electrons. The molecular weight excluding hydrogens is 252 g/mol. The van der Waals surface area contributed by atoms with Crippen molar-refractivity contribution >= 4 is 22.4 Å². The minimum Gasteiger partial charge on any atom is -0.481 e. The number of likely N-dealkylation sites (N-methyl/N-ethyl adjacent to an activating group) is 1. The fraction of sp³-hybridized carbons (Fsp3) is 0.667. The number of aromatic nitrogens is 1. The van der Waals surface area contributed by atoms with Crippen LogP contribution >= 0.6 is 11.3 Å². The highest BCUT2D eigenvalue weighted by atomic mass is 32.1. The Kier molecular flexibility index (Phi) is 4.19. The number of hydrogen-bond acceptors (Lipinski definition) is 5. The van der Waals surface area contributed by atoms with E-state index in [1.807, 2.05) is 11.9 Å². The number of fused-ring (bicyclic) bond motifs is 1. The molecule has 0 aromatic carbocycles. The van der Waals surface area contributed by atoms with E-state index in [1.54, 1.807) is 18.4 Å². The molecule has 1 heterocycles. The average Bonchev–Trinajstić information content (AvgIpc) is 2.79. The molecule has 2 rings (SSSR count). The number of anilines is 1. The van der Waals surface area contributed by atoms with Gasteiger partial charge in [0.25, 0.3) is 0 Å². The smallest absolute Gasteiger partial charge is 0.312 e. The largest absolute Gasteiger partial charge is 0.481 e. The van der Waals surface area contributed by atoms with Crippen LogP contribution in [0.3, 0.4) is 0 Å². The summed E-state index contributed by atoms with van der Waals surface area (Å²) in [5.74, 6) is -1.18. The second-order valence-corrected chi connectivity index (χ2v) is 5.56. The highest BCUT2D eigenvalue weighted by Gasteiger charge is 2.30. The monoisotopic (exact) mass is 270 g/mol. The summed E-state index contributed by atoms with van der Waals surface area (Å²) in [5.41, 5.74) is 0.776. The van der Waals surface area contributed by atoms with E-state index in [9.17, 15) is 9.90 Å². The van der Waals surface area contributed by atoms with Gasteiger partial charge in [0.05, 0.1) is 12.3 Å². The maximum atomic E-state index is 11.2. The molecule has 1 unspecified atom stereocenters. The van der Waals surface area contributed by atoms with E-state index in [1.165, 1.54) is 0 Å². The lowest BCUT2D eigenvalue weighted by Crippen LogP contribution is -2.22. The number of aryl methyl sites for hydroxylation is 1. The second-order valence-electron chi connectivity index (χ2n) is 4.50. The molecule has 5 nitrogen and oxygen atoms in total. The van der Waals surface area contributed by atoms with Gasteiger partial charge in [-0.2, -0.15) is 0 Å². The van der Waals surface area contributed by atoms with Crippen LogP contribution in [0.15, 0.2) is 0 Å². The Morgan fingerprint density at radius 2 is 2.44 bits per heavy atom. The van der Waals surface area contributed by atoms with E-state index < -0.39 is 11.9 Å². The molecule has 0 saturated carbocycles. The molecule has 0 fully saturated rings. The van der Waals surface area contributed by atoms with Crippen LogP contribution in [0.1, 0.15) is 29.3 Å². The molecule has 100 valence electrons. The van der Waals surface area contributed by atoms with Crippen LogP contribution in [0.5, 0.6) is 0 Å². The van der Waals surface area contributed by atoms with E-state index in [0.29, 0.717) is 13.0 Å². The Labute approximate surface area is 110 Å².